The average molecular weight is 288 g/mol. The molecule has 21 heavy (non-hydrogen) atoms. The van der Waals surface area contributed by atoms with E-state index < -0.39 is 6.10 Å². The summed E-state index contributed by atoms with van der Waals surface area (Å²) in [6.07, 6.45) is 17.4. The quantitative estimate of drug-likeness (QED) is 0.245. The molecule has 0 saturated heterocycles. The molecule has 0 heterocycles. The Labute approximate surface area is 130 Å². The van der Waals surface area contributed by atoms with Gasteiger partial charge in [0.15, 0.2) is 0 Å². The van der Waals surface area contributed by atoms with Crippen molar-refractivity contribution in [2.45, 2.75) is 64.9 Å². The van der Waals surface area contributed by atoms with Crippen LogP contribution in [-0.2, 0) is 9.53 Å². The van der Waals surface area contributed by atoms with Crippen LogP contribution < -0.4 is 0 Å². The summed E-state index contributed by atoms with van der Waals surface area (Å²) in [5.74, 6) is 5.63. The van der Waals surface area contributed by atoms with E-state index in [0.717, 1.165) is 12.8 Å². The van der Waals surface area contributed by atoms with Gasteiger partial charge in [0.25, 0.3) is 0 Å². The summed E-state index contributed by atoms with van der Waals surface area (Å²) in [6.45, 7) is 7.21. The largest absolute Gasteiger partial charge is 0.454 e. The summed E-state index contributed by atoms with van der Waals surface area (Å²) >= 11 is 0. The lowest BCUT2D eigenvalue weighted by Gasteiger charge is -2.05. The molecule has 0 aromatic carbocycles. The smallest absolute Gasteiger partial charge is 0.303 e. The van der Waals surface area contributed by atoms with Gasteiger partial charge in [0.2, 0.25) is 0 Å². The zero-order chi connectivity index (χ0) is 15.8. The monoisotopic (exact) mass is 288 g/mol. The third-order valence-corrected chi connectivity index (χ3v) is 2.87. The molecule has 0 aromatic heterocycles. The first-order valence-corrected chi connectivity index (χ1v) is 7.80. The molecule has 0 N–H and O–H groups in total. The summed E-state index contributed by atoms with van der Waals surface area (Å²) in [6, 6.07) is 0. The van der Waals surface area contributed by atoms with Crippen LogP contribution in [0, 0.1) is 11.8 Å². The van der Waals surface area contributed by atoms with E-state index in [-0.39, 0.29) is 5.97 Å². The second-order valence-corrected chi connectivity index (χ2v) is 4.87. The van der Waals surface area contributed by atoms with Gasteiger partial charge in [-0.25, -0.2) is 0 Å². The second kappa shape index (κ2) is 14.7. The number of hydrogen-bond donors (Lipinski definition) is 0. The van der Waals surface area contributed by atoms with E-state index >= 15 is 0 Å². The van der Waals surface area contributed by atoms with Crippen LogP contribution in [0.5, 0.6) is 0 Å². The van der Waals surface area contributed by atoms with E-state index in [1.165, 1.54) is 39.0 Å². The summed E-state index contributed by atoms with van der Waals surface area (Å²) < 4.78 is 4.97. The first kappa shape index (κ1) is 19.2. The highest BCUT2D eigenvalue weighted by Crippen LogP contribution is 2.05. The van der Waals surface area contributed by atoms with Crippen LogP contribution in [0.25, 0.3) is 0 Å². The molecule has 0 aliphatic heterocycles. The number of carbonyl (C=O) groups is 1. The first-order chi connectivity index (χ1) is 10.2. The lowest BCUT2D eigenvalue weighted by Crippen LogP contribution is -2.09. The predicted octanol–water partition coefficient (Wildman–Crippen LogP) is 4.97. The van der Waals surface area contributed by atoms with E-state index in [0.29, 0.717) is 0 Å². The molecule has 0 fully saturated rings. The van der Waals surface area contributed by atoms with Crippen LogP contribution in [0.3, 0.4) is 0 Å². The molecule has 1 atom stereocenters. The highest BCUT2D eigenvalue weighted by Gasteiger charge is 2.00. The van der Waals surface area contributed by atoms with E-state index in [1.54, 1.807) is 18.2 Å². The number of rotatable bonds is 10. The molecule has 0 saturated carbocycles. The number of esters is 1. The summed E-state index contributed by atoms with van der Waals surface area (Å²) in [5.41, 5.74) is 0. The van der Waals surface area contributed by atoms with Crippen LogP contribution in [-0.4, -0.2) is 12.1 Å². The van der Waals surface area contributed by atoms with E-state index in [2.05, 4.69) is 37.5 Å². The van der Waals surface area contributed by atoms with Crippen molar-refractivity contribution in [2.75, 3.05) is 0 Å². The van der Waals surface area contributed by atoms with Crippen LogP contribution >= 0.6 is 0 Å². The fraction of sp³-hybridized carbons (Fsp3) is 0.526. The highest BCUT2D eigenvalue weighted by atomic mass is 16.5. The number of unbranched alkanes of at least 4 members (excludes halogenated alkanes) is 5. The maximum atomic E-state index is 10.8. The van der Waals surface area contributed by atoms with Crippen molar-refractivity contribution in [2.24, 2.45) is 0 Å². The summed E-state index contributed by atoms with van der Waals surface area (Å²) in [5, 5.41) is 0. The maximum absolute atomic E-state index is 10.8. The molecule has 0 aliphatic carbocycles. The molecular weight excluding hydrogens is 260 g/mol. The van der Waals surface area contributed by atoms with E-state index in [9.17, 15) is 4.79 Å². The molecule has 2 heteroatoms. The van der Waals surface area contributed by atoms with Crippen molar-refractivity contribution in [3.8, 4) is 11.8 Å². The molecule has 0 rings (SSSR count). The van der Waals surface area contributed by atoms with Gasteiger partial charge in [0.1, 0.15) is 6.10 Å². The van der Waals surface area contributed by atoms with Gasteiger partial charge < -0.3 is 4.74 Å². The number of ether oxygens (including phenoxy) is 1. The van der Waals surface area contributed by atoms with Crippen LogP contribution in [0.4, 0.5) is 0 Å². The first-order valence-electron chi connectivity index (χ1n) is 7.80. The standard InChI is InChI=1S/C19H28O2/c1-4-6-7-8-9-10-11-12-13-14-15-16-17-19(5-2)21-18(3)20/h5,11-12,16-17,19H,2,4,6-10,13H2,1,3H3. The SMILES string of the molecule is C=CC(C=CC#CCC=CCCCCCCC)OC(C)=O. The van der Waals surface area contributed by atoms with Gasteiger partial charge in [0.05, 0.1) is 0 Å². The van der Waals surface area contributed by atoms with Crippen molar-refractivity contribution in [3.63, 3.8) is 0 Å². The molecule has 116 valence electrons. The molecular formula is C19H28O2. The molecule has 0 aromatic rings. The fourth-order valence-corrected chi connectivity index (χ4v) is 1.74. The van der Waals surface area contributed by atoms with Crippen molar-refractivity contribution < 1.29 is 9.53 Å². The Kier molecular flexibility index (Phi) is 13.4. The Morgan fingerprint density at radius 3 is 2.67 bits per heavy atom. The van der Waals surface area contributed by atoms with Crippen molar-refractivity contribution >= 4 is 5.97 Å². The zero-order valence-corrected chi connectivity index (χ0v) is 13.4. The Hall–Kier alpha value is -1.75. The van der Waals surface area contributed by atoms with Crippen LogP contribution in [0.2, 0.25) is 0 Å². The number of carbonyl (C=O) groups excluding carboxylic acids is 1. The third kappa shape index (κ3) is 14.5. The van der Waals surface area contributed by atoms with Gasteiger partial charge in [-0.2, -0.15) is 0 Å². The average Bonchev–Trinajstić information content (AvgIpc) is 2.46. The lowest BCUT2D eigenvalue weighted by atomic mass is 10.1. The second-order valence-electron chi connectivity index (χ2n) is 4.87. The van der Waals surface area contributed by atoms with E-state index in [4.69, 9.17) is 4.74 Å². The van der Waals surface area contributed by atoms with E-state index in [1.807, 2.05) is 0 Å². The topological polar surface area (TPSA) is 26.3 Å². The Morgan fingerprint density at radius 1 is 1.24 bits per heavy atom. The van der Waals surface area contributed by atoms with Crippen molar-refractivity contribution in [3.05, 3.63) is 37.0 Å². The highest BCUT2D eigenvalue weighted by molar-refractivity contribution is 5.66. The van der Waals surface area contributed by atoms with Gasteiger partial charge in [0, 0.05) is 13.3 Å². The molecule has 0 bridgehead atoms. The maximum Gasteiger partial charge on any atom is 0.303 e. The molecule has 0 amide bonds. The summed E-state index contributed by atoms with van der Waals surface area (Å²) in [7, 11) is 0. The molecule has 0 spiro atoms. The van der Waals surface area contributed by atoms with Gasteiger partial charge in [-0.1, -0.05) is 63.2 Å². The van der Waals surface area contributed by atoms with Crippen LogP contribution in [0.1, 0.15) is 58.8 Å². The van der Waals surface area contributed by atoms with Crippen LogP contribution in [0.15, 0.2) is 37.0 Å². The predicted molar refractivity (Wildman–Crippen MR) is 89.8 cm³/mol. The van der Waals surface area contributed by atoms with Gasteiger partial charge in [-0.15, -0.1) is 0 Å². The minimum Gasteiger partial charge on any atom is -0.454 e. The fourth-order valence-electron chi connectivity index (χ4n) is 1.74. The Balaban J connectivity index is 3.72. The third-order valence-electron chi connectivity index (χ3n) is 2.87. The molecule has 0 radical (unpaired) electrons. The zero-order valence-electron chi connectivity index (χ0n) is 13.4. The van der Waals surface area contributed by atoms with Crippen molar-refractivity contribution in [1.29, 1.82) is 0 Å². The molecule has 1 unspecified atom stereocenters. The number of hydrogen-bond acceptors (Lipinski definition) is 2. The minimum atomic E-state index is -0.393. The van der Waals surface area contributed by atoms with Gasteiger partial charge in [-0.3, -0.25) is 4.79 Å². The number of allylic oxidation sites excluding steroid dienone is 3. The van der Waals surface area contributed by atoms with Gasteiger partial charge >= 0.3 is 5.97 Å². The summed E-state index contributed by atoms with van der Waals surface area (Å²) in [4.78, 5) is 10.8. The minimum absolute atomic E-state index is 0.320. The lowest BCUT2D eigenvalue weighted by molar-refractivity contribution is -0.142. The molecule has 2 nitrogen and oxygen atoms in total. The Morgan fingerprint density at radius 2 is 2.00 bits per heavy atom. The normalized spacial score (nSPS) is 12.1. The Bertz CT molecular complexity index is 394. The van der Waals surface area contributed by atoms with Gasteiger partial charge in [-0.05, 0) is 31.1 Å². The van der Waals surface area contributed by atoms with Crippen molar-refractivity contribution in [1.82, 2.24) is 0 Å². The molecule has 0 aliphatic rings.